The van der Waals surface area contributed by atoms with E-state index in [1.54, 1.807) is 11.3 Å². The molecule has 1 N–H and O–H groups in total. The summed E-state index contributed by atoms with van der Waals surface area (Å²) in [4.78, 5) is 15.9. The van der Waals surface area contributed by atoms with Gasteiger partial charge in [0.2, 0.25) is 0 Å². The summed E-state index contributed by atoms with van der Waals surface area (Å²) in [5, 5.41) is 9.24. The second-order valence-corrected chi connectivity index (χ2v) is 7.39. The number of carboxylic acids is 1. The molecule has 0 atom stereocenters. The minimum absolute atomic E-state index is 0.142. The van der Waals surface area contributed by atoms with Crippen LogP contribution in [0.15, 0.2) is 42.5 Å². The molecule has 1 fully saturated rings. The normalized spacial score (nSPS) is 15.9. The standard InChI is InChI=1S/C19H23NO2S/c21-19(22)14-20(16-9-5-2-6-10-16)13-17-11-12-18(23-17)15-7-3-1-4-8-15/h1,3-4,7-8,11-12,16H,2,5-6,9-10,13-14H2,(H,21,22). The third kappa shape index (κ3) is 4.43. The minimum Gasteiger partial charge on any atom is -0.480 e. The maximum Gasteiger partial charge on any atom is 0.317 e. The van der Waals surface area contributed by atoms with E-state index < -0.39 is 5.97 Å². The van der Waals surface area contributed by atoms with Crippen molar-refractivity contribution >= 4 is 17.3 Å². The highest BCUT2D eigenvalue weighted by Crippen LogP contribution is 2.30. The Bertz CT molecular complexity index is 632. The lowest BCUT2D eigenvalue weighted by molar-refractivity contribution is -0.139. The maximum absolute atomic E-state index is 11.2. The van der Waals surface area contributed by atoms with E-state index in [2.05, 4.69) is 29.2 Å². The molecule has 1 aliphatic carbocycles. The van der Waals surface area contributed by atoms with Crippen molar-refractivity contribution < 1.29 is 9.90 Å². The van der Waals surface area contributed by atoms with Gasteiger partial charge in [-0.3, -0.25) is 9.69 Å². The SMILES string of the molecule is O=C(O)CN(Cc1ccc(-c2ccccc2)s1)C1CCCCC1. The molecule has 122 valence electrons. The Labute approximate surface area is 141 Å². The number of carboxylic acid groups (broad SMARTS) is 1. The van der Waals surface area contributed by atoms with Gasteiger partial charge in [0.15, 0.2) is 0 Å². The Morgan fingerprint density at radius 3 is 2.52 bits per heavy atom. The molecule has 0 bridgehead atoms. The predicted molar refractivity (Wildman–Crippen MR) is 94.7 cm³/mol. The van der Waals surface area contributed by atoms with Crippen LogP contribution < -0.4 is 0 Å². The number of nitrogens with zero attached hydrogens (tertiary/aromatic N) is 1. The highest BCUT2D eigenvalue weighted by molar-refractivity contribution is 7.15. The largest absolute Gasteiger partial charge is 0.480 e. The fraction of sp³-hybridized carbons (Fsp3) is 0.421. The lowest BCUT2D eigenvalue weighted by atomic mass is 9.94. The van der Waals surface area contributed by atoms with Crippen LogP contribution in [0.5, 0.6) is 0 Å². The summed E-state index contributed by atoms with van der Waals surface area (Å²) in [6.45, 7) is 0.887. The number of hydrogen-bond acceptors (Lipinski definition) is 3. The summed E-state index contributed by atoms with van der Waals surface area (Å²) in [7, 11) is 0. The number of benzene rings is 1. The van der Waals surface area contributed by atoms with Gasteiger partial charge in [0.1, 0.15) is 0 Å². The Morgan fingerprint density at radius 1 is 1.09 bits per heavy atom. The molecule has 0 saturated heterocycles. The molecule has 1 aromatic carbocycles. The van der Waals surface area contributed by atoms with E-state index in [0.29, 0.717) is 6.04 Å². The van der Waals surface area contributed by atoms with E-state index in [9.17, 15) is 9.90 Å². The van der Waals surface area contributed by atoms with Gasteiger partial charge in [0.05, 0.1) is 6.54 Å². The van der Waals surface area contributed by atoms with Crippen molar-refractivity contribution in [2.45, 2.75) is 44.7 Å². The Kier molecular flexibility index (Phi) is 5.47. The summed E-state index contributed by atoms with van der Waals surface area (Å²) in [6, 6.07) is 15.1. The zero-order chi connectivity index (χ0) is 16.1. The van der Waals surface area contributed by atoms with E-state index >= 15 is 0 Å². The molecule has 1 aromatic heterocycles. The van der Waals surface area contributed by atoms with Gasteiger partial charge in [-0.2, -0.15) is 0 Å². The molecule has 0 aliphatic heterocycles. The van der Waals surface area contributed by atoms with Crippen LogP contribution in [0.1, 0.15) is 37.0 Å². The first kappa shape index (κ1) is 16.2. The van der Waals surface area contributed by atoms with Crippen LogP contribution in [0.2, 0.25) is 0 Å². The number of carbonyl (C=O) groups is 1. The molecule has 2 aromatic rings. The average Bonchev–Trinajstić information content (AvgIpc) is 3.04. The van der Waals surface area contributed by atoms with E-state index in [1.165, 1.54) is 34.6 Å². The van der Waals surface area contributed by atoms with Crippen LogP contribution in [-0.2, 0) is 11.3 Å². The molecule has 4 heteroatoms. The summed E-state index contributed by atoms with van der Waals surface area (Å²) < 4.78 is 0. The zero-order valence-corrected chi connectivity index (χ0v) is 14.1. The second-order valence-electron chi connectivity index (χ2n) is 6.22. The van der Waals surface area contributed by atoms with Gasteiger partial charge in [0.25, 0.3) is 0 Å². The van der Waals surface area contributed by atoms with Crippen molar-refractivity contribution in [3.05, 3.63) is 47.3 Å². The molecule has 0 amide bonds. The number of hydrogen-bond donors (Lipinski definition) is 1. The van der Waals surface area contributed by atoms with E-state index in [1.807, 2.05) is 18.2 Å². The van der Waals surface area contributed by atoms with Crippen molar-refractivity contribution in [2.24, 2.45) is 0 Å². The first-order chi connectivity index (χ1) is 11.2. The van der Waals surface area contributed by atoms with Gasteiger partial charge in [-0.25, -0.2) is 0 Å². The highest BCUT2D eigenvalue weighted by Gasteiger charge is 2.23. The smallest absolute Gasteiger partial charge is 0.317 e. The molecular formula is C19H23NO2S. The van der Waals surface area contributed by atoms with E-state index in [-0.39, 0.29) is 6.54 Å². The summed E-state index contributed by atoms with van der Waals surface area (Å²) in [5.41, 5.74) is 1.23. The van der Waals surface area contributed by atoms with E-state index in [0.717, 1.165) is 19.4 Å². The summed E-state index contributed by atoms with van der Waals surface area (Å²) in [5.74, 6) is -0.726. The van der Waals surface area contributed by atoms with Gasteiger partial charge in [-0.05, 0) is 30.5 Å². The fourth-order valence-electron chi connectivity index (χ4n) is 3.35. The molecular weight excluding hydrogens is 306 g/mol. The molecule has 1 saturated carbocycles. The molecule has 0 spiro atoms. The van der Waals surface area contributed by atoms with Crippen molar-refractivity contribution in [1.29, 1.82) is 0 Å². The Hall–Kier alpha value is -1.65. The number of thiophene rings is 1. The lowest BCUT2D eigenvalue weighted by Gasteiger charge is -2.32. The van der Waals surface area contributed by atoms with Crippen LogP contribution in [-0.4, -0.2) is 28.6 Å². The third-order valence-corrected chi connectivity index (χ3v) is 5.63. The molecule has 23 heavy (non-hydrogen) atoms. The quantitative estimate of drug-likeness (QED) is 0.839. The van der Waals surface area contributed by atoms with Gasteiger partial charge in [-0.15, -0.1) is 11.3 Å². The Morgan fingerprint density at radius 2 is 1.83 bits per heavy atom. The van der Waals surface area contributed by atoms with Crippen molar-refractivity contribution in [2.75, 3.05) is 6.54 Å². The zero-order valence-electron chi connectivity index (χ0n) is 13.3. The van der Waals surface area contributed by atoms with Gasteiger partial charge >= 0.3 is 5.97 Å². The van der Waals surface area contributed by atoms with Crippen molar-refractivity contribution in [1.82, 2.24) is 4.90 Å². The van der Waals surface area contributed by atoms with Crippen molar-refractivity contribution in [3.63, 3.8) is 0 Å². The first-order valence-corrected chi connectivity index (χ1v) is 9.14. The molecule has 3 rings (SSSR count). The molecule has 3 nitrogen and oxygen atoms in total. The van der Waals surface area contributed by atoms with Crippen LogP contribution in [0.3, 0.4) is 0 Å². The van der Waals surface area contributed by atoms with Crippen LogP contribution in [0.25, 0.3) is 10.4 Å². The molecule has 1 aliphatic rings. The number of rotatable bonds is 6. The van der Waals surface area contributed by atoms with Gasteiger partial charge in [0, 0.05) is 22.3 Å². The summed E-state index contributed by atoms with van der Waals surface area (Å²) >= 11 is 1.77. The number of aliphatic carboxylic acids is 1. The van der Waals surface area contributed by atoms with Gasteiger partial charge in [-0.1, -0.05) is 49.6 Å². The lowest BCUT2D eigenvalue weighted by Crippen LogP contribution is -2.39. The van der Waals surface area contributed by atoms with Crippen molar-refractivity contribution in [3.8, 4) is 10.4 Å². The minimum atomic E-state index is -0.726. The highest BCUT2D eigenvalue weighted by atomic mass is 32.1. The van der Waals surface area contributed by atoms with Crippen LogP contribution >= 0.6 is 11.3 Å². The van der Waals surface area contributed by atoms with Crippen LogP contribution in [0.4, 0.5) is 0 Å². The average molecular weight is 329 g/mol. The predicted octanol–water partition coefficient (Wildman–Crippen LogP) is 4.63. The summed E-state index contributed by atoms with van der Waals surface area (Å²) in [6.07, 6.45) is 5.99. The fourth-order valence-corrected chi connectivity index (χ4v) is 4.39. The molecule has 0 unspecified atom stereocenters. The maximum atomic E-state index is 11.2. The monoisotopic (exact) mass is 329 g/mol. The first-order valence-electron chi connectivity index (χ1n) is 8.32. The second kappa shape index (κ2) is 7.75. The van der Waals surface area contributed by atoms with Gasteiger partial charge < -0.3 is 5.11 Å². The van der Waals surface area contributed by atoms with E-state index in [4.69, 9.17) is 0 Å². The Balaban J connectivity index is 1.72. The molecule has 1 heterocycles. The molecule has 0 radical (unpaired) electrons. The van der Waals surface area contributed by atoms with Crippen LogP contribution in [0, 0.1) is 0 Å². The topological polar surface area (TPSA) is 40.5 Å². The third-order valence-electron chi connectivity index (χ3n) is 4.51.